The zero-order valence-electron chi connectivity index (χ0n) is 26.6. The molecule has 0 saturated carbocycles. The summed E-state index contributed by atoms with van der Waals surface area (Å²) in [5.41, 5.74) is 7.56. The van der Waals surface area contributed by atoms with Crippen molar-refractivity contribution in [3.63, 3.8) is 0 Å². The van der Waals surface area contributed by atoms with E-state index in [0.29, 0.717) is 0 Å². The molecular weight excluding hydrogens is 498 g/mol. The van der Waals surface area contributed by atoms with Gasteiger partial charge in [-0.25, -0.2) is 0 Å². The molecular formula is C38H21N3. The molecule has 0 aliphatic heterocycles. The van der Waals surface area contributed by atoms with Gasteiger partial charge < -0.3 is 13.4 Å². The van der Waals surface area contributed by atoms with Crippen LogP contribution in [-0.4, -0.2) is 13.4 Å². The van der Waals surface area contributed by atoms with Crippen LogP contribution in [0.2, 0.25) is 0 Å². The molecule has 0 aliphatic rings. The molecule has 0 fully saturated rings. The van der Waals surface area contributed by atoms with Crippen LogP contribution in [0.5, 0.6) is 0 Å². The highest BCUT2D eigenvalue weighted by atomic mass is 15.0. The summed E-state index contributed by atoms with van der Waals surface area (Å²) in [6.07, 6.45) is 2.12. The minimum atomic E-state index is -0.395. The van der Waals surface area contributed by atoms with E-state index in [1.807, 2.05) is 22.8 Å². The summed E-state index contributed by atoms with van der Waals surface area (Å²) >= 11 is 0. The molecule has 0 bridgehead atoms. The average Bonchev–Trinajstić information content (AvgIpc) is 3.88. The first-order valence-electron chi connectivity index (χ1n) is 16.3. The third-order valence-electron chi connectivity index (χ3n) is 9.19. The lowest BCUT2D eigenvalue weighted by Gasteiger charge is -2.07. The Morgan fingerprint density at radius 1 is 0.488 bits per heavy atom. The lowest BCUT2D eigenvalue weighted by molar-refractivity contribution is 1.18. The Hall–Kier alpha value is -5.54. The van der Waals surface area contributed by atoms with Crippen molar-refractivity contribution in [3.8, 4) is 5.69 Å². The van der Waals surface area contributed by atoms with Crippen molar-refractivity contribution in [1.29, 1.82) is 0 Å². The minimum absolute atomic E-state index is 0.159. The molecule has 0 spiro atoms. The summed E-state index contributed by atoms with van der Waals surface area (Å²) in [6, 6.07) is 30.5. The van der Waals surface area contributed by atoms with Crippen molar-refractivity contribution in [2.45, 2.75) is 0 Å². The second kappa shape index (κ2) is 6.78. The van der Waals surface area contributed by atoms with Crippen LogP contribution < -0.4 is 0 Å². The largest absolute Gasteiger partial charge is 0.315 e. The number of hydrogen-bond donors (Lipinski definition) is 0. The second-order valence-electron chi connectivity index (χ2n) is 11.0. The third kappa shape index (κ3) is 2.23. The second-order valence-corrected chi connectivity index (χ2v) is 11.0. The van der Waals surface area contributed by atoms with Gasteiger partial charge >= 0.3 is 0 Å². The van der Waals surface area contributed by atoms with Gasteiger partial charge in [0.15, 0.2) is 0 Å². The van der Waals surface area contributed by atoms with Crippen molar-refractivity contribution in [1.82, 2.24) is 13.4 Å². The zero-order valence-corrected chi connectivity index (χ0v) is 21.6. The fourth-order valence-corrected chi connectivity index (χ4v) is 7.68. The molecule has 0 unspecified atom stereocenters. The van der Waals surface area contributed by atoms with Crippen LogP contribution in [0.25, 0.3) is 92.8 Å². The Morgan fingerprint density at radius 3 is 2.10 bits per heavy atom. The number of fused-ring (bicyclic) bond motifs is 13. The highest BCUT2D eigenvalue weighted by Gasteiger charge is 2.23. The lowest BCUT2D eigenvalue weighted by Crippen LogP contribution is -1.92. The topological polar surface area (TPSA) is 13.8 Å². The molecule has 41 heavy (non-hydrogen) atoms. The Labute approximate surface area is 240 Å². The van der Waals surface area contributed by atoms with E-state index >= 15 is 0 Å². The van der Waals surface area contributed by atoms with Crippen molar-refractivity contribution < 1.29 is 6.85 Å². The molecule has 0 amide bonds. The third-order valence-corrected chi connectivity index (χ3v) is 9.19. The molecule has 0 radical (unpaired) electrons. The van der Waals surface area contributed by atoms with Gasteiger partial charge in [-0.2, -0.15) is 0 Å². The van der Waals surface area contributed by atoms with Crippen LogP contribution in [0.3, 0.4) is 0 Å². The minimum Gasteiger partial charge on any atom is -0.315 e. The summed E-state index contributed by atoms with van der Waals surface area (Å²) in [6.45, 7) is 0. The standard InChI is InChI=1S/C38H21N3/c1-2-9-23(10-3-1)40-31-16-7-5-12-27(31)35-34(40)19-22-17-18-39-32-20-28-26-14-8-13-25-24-11-4-6-15-30(24)41(38(25)26)33(28)21-29(32)36(35)37(22)39/h1-21H/i1D,2D,3D,9D,10D. The molecule has 0 atom stereocenters. The molecule has 5 aromatic heterocycles. The van der Waals surface area contributed by atoms with Gasteiger partial charge in [0.1, 0.15) is 0 Å². The lowest BCUT2D eigenvalue weighted by atomic mass is 10.0. The maximum absolute atomic E-state index is 8.87. The van der Waals surface area contributed by atoms with Gasteiger partial charge in [-0.1, -0.05) is 72.7 Å². The van der Waals surface area contributed by atoms with E-state index in [-0.39, 0.29) is 29.9 Å². The van der Waals surface area contributed by atoms with Crippen molar-refractivity contribution >= 4 is 87.1 Å². The molecule has 188 valence electrons. The van der Waals surface area contributed by atoms with Gasteiger partial charge in [-0.15, -0.1) is 0 Å². The molecule has 0 saturated heterocycles. The normalized spacial score (nSPS) is 14.6. The van der Waals surface area contributed by atoms with Crippen LogP contribution in [0, 0.1) is 0 Å². The smallest absolute Gasteiger partial charge is 0.0645 e. The SMILES string of the molecule is [2H]c1c([2H])c([2H])c(-n2c3ccccc3c3c4c5cc6c(cc5n5ccc(cc32)c45)c2cccc3c4ccccc4n6c32)c([2H])c1[2H]. The molecule has 3 heteroatoms. The fraction of sp³-hybridized carbons (Fsp3) is 0. The molecule has 0 aliphatic carbocycles. The van der Waals surface area contributed by atoms with Crippen LogP contribution in [-0.2, 0) is 0 Å². The Bertz CT molecular complexity index is 3120. The molecule has 0 N–H and O–H groups in total. The van der Waals surface area contributed by atoms with Gasteiger partial charge in [0.25, 0.3) is 0 Å². The Kier molecular flexibility index (Phi) is 2.73. The van der Waals surface area contributed by atoms with E-state index in [2.05, 4.69) is 87.8 Å². The van der Waals surface area contributed by atoms with Gasteiger partial charge in [-0.3, -0.25) is 0 Å². The molecule has 11 rings (SSSR count). The molecule has 3 nitrogen and oxygen atoms in total. The maximum Gasteiger partial charge on any atom is 0.0645 e. The quantitative estimate of drug-likeness (QED) is 0.203. The predicted octanol–water partition coefficient (Wildman–Crippen LogP) is 9.93. The number of hydrogen-bond acceptors (Lipinski definition) is 0. The van der Waals surface area contributed by atoms with E-state index in [0.717, 1.165) is 54.5 Å². The van der Waals surface area contributed by atoms with Crippen LogP contribution in [0.4, 0.5) is 0 Å². The maximum atomic E-state index is 8.87. The molecule has 11 aromatic rings. The summed E-state index contributed by atoms with van der Waals surface area (Å²) in [7, 11) is 0. The first-order valence-corrected chi connectivity index (χ1v) is 13.8. The van der Waals surface area contributed by atoms with Gasteiger partial charge in [0.2, 0.25) is 0 Å². The molecule has 5 heterocycles. The highest BCUT2D eigenvalue weighted by Crippen LogP contribution is 2.46. The van der Waals surface area contributed by atoms with Crippen LogP contribution >= 0.6 is 0 Å². The van der Waals surface area contributed by atoms with Gasteiger partial charge in [-0.05, 0) is 48.5 Å². The van der Waals surface area contributed by atoms with Crippen LogP contribution in [0.1, 0.15) is 6.85 Å². The molecule has 6 aromatic carbocycles. The first-order chi connectivity index (χ1) is 22.4. The van der Waals surface area contributed by atoms with E-state index in [9.17, 15) is 0 Å². The number of aromatic nitrogens is 3. The summed E-state index contributed by atoms with van der Waals surface area (Å²) in [4.78, 5) is 0. The van der Waals surface area contributed by atoms with Crippen molar-refractivity contribution in [3.05, 3.63) is 127 Å². The number of rotatable bonds is 1. The Balaban J connectivity index is 1.39. The zero-order chi connectivity index (χ0) is 30.7. The van der Waals surface area contributed by atoms with E-state index < -0.39 is 6.04 Å². The highest BCUT2D eigenvalue weighted by molar-refractivity contribution is 6.34. The first kappa shape index (κ1) is 16.5. The van der Waals surface area contributed by atoms with Crippen molar-refractivity contribution in [2.75, 3.05) is 0 Å². The van der Waals surface area contributed by atoms with E-state index in [1.54, 1.807) is 0 Å². The summed E-state index contributed by atoms with van der Waals surface area (Å²) < 4.78 is 49.4. The summed E-state index contributed by atoms with van der Waals surface area (Å²) in [5, 5.41) is 10.1. The number of para-hydroxylation sites is 4. The van der Waals surface area contributed by atoms with Crippen molar-refractivity contribution in [2.24, 2.45) is 0 Å². The average molecular weight is 525 g/mol. The number of benzene rings is 6. The predicted molar refractivity (Wildman–Crippen MR) is 173 cm³/mol. The van der Waals surface area contributed by atoms with E-state index in [4.69, 9.17) is 6.85 Å². The number of nitrogens with zero attached hydrogens (tertiary/aromatic N) is 3. The Morgan fingerprint density at radius 2 is 1.22 bits per heavy atom. The summed E-state index contributed by atoms with van der Waals surface area (Å²) in [5.74, 6) is 0. The van der Waals surface area contributed by atoms with E-state index in [1.165, 1.54) is 32.6 Å². The monoisotopic (exact) mass is 524 g/mol. The van der Waals surface area contributed by atoms with Gasteiger partial charge in [0.05, 0.1) is 45.5 Å². The van der Waals surface area contributed by atoms with Gasteiger partial charge in [0, 0.05) is 60.4 Å². The van der Waals surface area contributed by atoms with Crippen LogP contribution in [0.15, 0.2) is 127 Å². The fourth-order valence-electron chi connectivity index (χ4n) is 7.68.